The monoisotopic (exact) mass is 242 g/mol. The van der Waals surface area contributed by atoms with Crippen molar-refractivity contribution < 1.29 is 9.90 Å². The molecule has 2 rings (SSSR count). The molecule has 4 N–H and O–H groups in total. The van der Waals surface area contributed by atoms with Crippen LogP contribution in [0.3, 0.4) is 0 Å². The van der Waals surface area contributed by atoms with Gasteiger partial charge in [0.15, 0.2) is 0 Å². The number of H-pyrrole nitrogens is 1. The molecule has 0 atom stereocenters. The molecule has 0 saturated heterocycles. The SMILES string of the molecule is NCC#Cc1ccc2c(=O)c(C(=O)O)c[nH]c2c1. The average molecular weight is 242 g/mol. The van der Waals surface area contributed by atoms with Crippen molar-refractivity contribution in [3.05, 3.63) is 45.7 Å². The fourth-order valence-electron chi connectivity index (χ4n) is 1.61. The van der Waals surface area contributed by atoms with Crippen LogP contribution in [-0.4, -0.2) is 22.6 Å². The lowest BCUT2D eigenvalue weighted by Gasteiger charge is -2.00. The fraction of sp³-hybridized carbons (Fsp3) is 0.0769. The van der Waals surface area contributed by atoms with E-state index in [9.17, 15) is 9.59 Å². The standard InChI is InChI=1S/C13H10N2O3/c14-5-1-2-8-3-4-9-11(6-8)15-7-10(12(9)16)13(17)18/h3-4,6-7H,5,14H2,(H,15,16)(H,17,18). The molecule has 0 aliphatic rings. The van der Waals surface area contributed by atoms with Crippen LogP contribution in [0, 0.1) is 11.8 Å². The van der Waals surface area contributed by atoms with Crippen molar-refractivity contribution in [3.63, 3.8) is 0 Å². The highest BCUT2D eigenvalue weighted by Gasteiger charge is 2.10. The highest BCUT2D eigenvalue weighted by Crippen LogP contribution is 2.10. The number of hydrogen-bond acceptors (Lipinski definition) is 3. The van der Waals surface area contributed by atoms with E-state index >= 15 is 0 Å². The van der Waals surface area contributed by atoms with Gasteiger partial charge in [0, 0.05) is 17.1 Å². The van der Waals surface area contributed by atoms with E-state index in [-0.39, 0.29) is 12.1 Å². The predicted molar refractivity (Wildman–Crippen MR) is 67.5 cm³/mol. The molecule has 0 aliphatic heterocycles. The molecule has 0 unspecified atom stereocenters. The van der Waals surface area contributed by atoms with Crippen LogP contribution in [0.2, 0.25) is 0 Å². The maximum Gasteiger partial charge on any atom is 0.341 e. The van der Waals surface area contributed by atoms with Crippen LogP contribution in [0.15, 0.2) is 29.2 Å². The summed E-state index contributed by atoms with van der Waals surface area (Å²) in [5.74, 6) is 4.30. The number of fused-ring (bicyclic) bond motifs is 1. The number of aromatic nitrogens is 1. The molecule has 0 aliphatic carbocycles. The van der Waals surface area contributed by atoms with Gasteiger partial charge in [-0.05, 0) is 18.2 Å². The van der Waals surface area contributed by atoms with Crippen molar-refractivity contribution in [2.45, 2.75) is 0 Å². The molecule has 90 valence electrons. The second kappa shape index (κ2) is 4.73. The third-order valence-corrected chi connectivity index (χ3v) is 2.45. The molecule has 0 amide bonds. The van der Waals surface area contributed by atoms with Crippen molar-refractivity contribution in [1.82, 2.24) is 4.98 Å². The van der Waals surface area contributed by atoms with Gasteiger partial charge in [-0.3, -0.25) is 4.79 Å². The van der Waals surface area contributed by atoms with E-state index in [4.69, 9.17) is 10.8 Å². The number of pyridine rings is 1. The molecule has 18 heavy (non-hydrogen) atoms. The summed E-state index contributed by atoms with van der Waals surface area (Å²) in [6.45, 7) is 0.256. The number of carbonyl (C=O) groups is 1. The van der Waals surface area contributed by atoms with Gasteiger partial charge in [0.25, 0.3) is 0 Å². The number of rotatable bonds is 1. The Balaban J connectivity index is 2.65. The van der Waals surface area contributed by atoms with E-state index in [2.05, 4.69) is 16.8 Å². The quantitative estimate of drug-likeness (QED) is 0.636. The van der Waals surface area contributed by atoms with E-state index in [0.717, 1.165) is 0 Å². The van der Waals surface area contributed by atoms with Gasteiger partial charge >= 0.3 is 5.97 Å². The molecule has 1 aromatic carbocycles. The Labute approximate surface area is 102 Å². The summed E-state index contributed by atoms with van der Waals surface area (Å²) in [5.41, 5.74) is 5.75. The van der Waals surface area contributed by atoms with Gasteiger partial charge in [-0.15, -0.1) is 0 Å². The molecule has 0 bridgehead atoms. The number of carboxylic acid groups (broad SMARTS) is 1. The molecule has 1 aromatic heterocycles. The maximum atomic E-state index is 11.8. The Hall–Kier alpha value is -2.58. The Morgan fingerprint density at radius 3 is 2.89 bits per heavy atom. The van der Waals surface area contributed by atoms with E-state index in [1.54, 1.807) is 18.2 Å². The zero-order chi connectivity index (χ0) is 13.1. The number of benzene rings is 1. The molecule has 0 radical (unpaired) electrons. The number of aromatic carboxylic acids is 1. The lowest BCUT2D eigenvalue weighted by molar-refractivity contribution is 0.0695. The van der Waals surface area contributed by atoms with Crippen molar-refractivity contribution in [3.8, 4) is 11.8 Å². The van der Waals surface area contributed by atoms with Crippen LogP contribution in [-0.2, 0) is 0 Å². The van der Waals surface area contributed by atoms with Crippen LogP contribution in [0.5, 0.6) is 0 Å². The number of aromatic amines is 1. The summed E-state index contributed by atoms with van der Waals surface area (Å²) in [6, 6.07) is 4.90. The molecule has 1 heterocycles. The van der Waals surface area contributed by atoms with Crippen molar-refractivity contribution in [2.75, 3.05) is 6.54 Å². The average Bonchev–Trinajstić information content (AvgIpc) is 2.36. The topological polar surface area (TPSA) is 96.2 Å². The van der Waals surface area contributed by atoms with Gasteiger partial charge in [-0.25, -0.2) is 4.79 Å². The van der Waals surface area contributed by atoms with Gasteiger partial charge in [-0.2, -0.15) is 0 Å². The predicted octanol–water partition coefficient (Wildman–Crippen LogP) is 0.536. The molecule has 0 spiro atoms. The zero-order valence-corrected chi connectivity index (χ0v) is 9.36. The Morgan fingerprint density at radius 1 is 1.44 bits per heavy atom. The maximum absolute atomic E-state index is 11.8. The summed E-state index contributed by atoms with van der Waals surface area (Å²) >= 11 is 0. The van der Waals surface area contributed by atoms with Crippen LogP contribution in [0.4, 0.5) is 0 Å². The van der Waals surface area contributed by atoms with Crippen molar-refractivity contribution >= 4 is 16.9 Å². The summed E-state index contributed by atoms with van der Waals surface area (Å²) in [4.78, 5) is 25.4. The normalized spacial score (nSPS) is 9.83. The highest BCUT2D eigenvalue weighted by atomic mass is 16.4. The van der Waals surface area contributed by atoms with E-state index in [1.165, 1.54) is 6.20 Å². The first kappa shape index (κ1) is 11.9. The summed E-state index contributed by atoms with van der Waals surface area (Å²) in [7, 11) is 0. The lowest BCUT2D eigenvalue weighted by Crippen LogP contribution is -2.15. The largest absolute Gasteiger partial charge is 0.477 e. The van der Waals surface area contributed by atoms with Crippen molar-refractivity contribution in [1.29, 1.82) is 0 Å². The summed E-state index contributed by atoms with van der Waals surface area (Å²) in [6.07, 6.45) is 1.19. The van der Waals surface area contributed by atoms with E-state index < -0.39 is 11.4 Å². The Bertz CT molecular complexity index is 735. The highest BCUT2D eigenvalue weighted by molar-refractivity contribution is 5.92. The number of nitrogens with one attached hydrogen (secondary N) is 1. The molecule has 0 saturated carbocycles. The summed E-state index contributed by atoms with van der Waals surface area (Å²) in [5, 5.41) is 9.17. The molecule has 0 fully saturated rings. The van der Waals surface area contributed by atoms with Gasteiger partial charge in [0.05, 0.1) is 12.1 Å². The second-order valence-corrected chi connectivity index (χ2v) is 3.60. The van der Waals surface area contributed by atoms with Crippen LogP contribution < -0.4 is 11.2 Å². The fourth-order valence-corrected chi connectivity index (χ4v) is 1.61. The third kappa shape index (κ3) is 2.10. The number of carboxylic acids is 1. The number of nitrogens with two attached hydrogens (primary N) is 1. The van der Waals surface area contributed by atoms with Gasteiger partial charge < -0.3 is 15.8 Å². The Morgan fingerprint density at radius 2 is 2.22 bits per heavy atom. The zero-order valence-electron chi connectivity index (χ0n) is 9.36. The van der Waals surface area contributed by atoms with Gasteiger partial charge in [-0.1, -0.05) is 11.8 Å². The smallest absolute Gasteiger partial charge is 0.341 e. The lowest BCUT2D eigenvalue weighted by atomic mass is 10.1. The molecular formula is C13H10N2O3. The first-order valence-corrected chi connectivity index (χ1v) is 5.21. The molecule has 5 heteroatoms. The minimum absolute atomic E-state index is 0.256. The Kier molecular flexibility index (Phi) is 3.13. The van der Waals surface area contributed by atoms with Crippen LogP contribution in [0.1, 0.15) is 15.9 Å². The van der Waals surface area contributed by atoms with Crippen LogP contribution in [0.25, 0.3) is 10.9 Å². The third-order valence-electron chi connectivity index (χ3n) is 2.45. The first-order chi connectivity index (χ1) is 8.63. The minimum Gasteiger partial charge on any atom is -0.477 e. The van der Waals surface area contributed by atoms with E-state index in [1.807, 2.05) is 0 Å². The van der Waals surface area contributed by atoms with Gasteiger partial charge in [0.2, 0.25) is 5.43 Å². The van der Waals surface area contributed by atoms with Crippen molar-refractivity contribution in [2.24, 2.45) is 5.73 Å². The minimum atomic E-state index is -1.25. The molecular weight excluding hydrogens is 232 g/mol. The molecule has 5 nitrogen and oxygen atoms in total. The van der Waals surface area contributed by atoms with Gasteiger partial charge in [0.1, 0.15) is 5.56 Å². The molecule has 2 aromatic rings. The summed E-state index contributed by atoms with van der Waals surface area (Å²) < 4.78 is 0. The number of hydrogen-bond donors (Lipinski definition) is 3. The first-order valence-electron chi connectivity index (χ1n) is 5.21. The second-order valence-electron chi connectivity index (χ2n) is 3.60. The van der Waals surface area contributed by atoms with E-state index in [0.29, 0.717) is 16.5 Å². The van der Waals surface area contributed by atoms with Crippen LogP contribution >= 0.6 is 0 Å².